The number of thiazole rings is 1. The number of hydrogen-bond acceptors (Lipinski definition) is 6. The molecule has 1 aliphatic carbocycles. The molecular formula is C25H31N3O3S2. The molecule has 0 amide bonds. The number of methoxy groups -OCH3 is 1. The van der Waals surface area contributed by atoms with Crippen molar-refractivity contribution in [3.05, 3.63) is 53.7 Å². The molecule has 176 valence electrons. The van der Waals surface area contributed by atoms with Crippen LogP contribution >= 0.6 is 11.3 Å². The second kappa shape index (κ2) is 10.1. The highest BCUT2D eigenvalue weighted by Gasteiger charge is 2.22. The van der Waals surface area contributed by atoms with Crippen molar-refractivity contribution < 1.29 is 13.2 Å². The molecule has 0 saturated heterocycles. The van der Waals surface area contributed by atoms with Gasteiger partial charge in [0.05, 0.1) is 17.7 Å². The Bertz CT molecular complexity index is 1200. The summed E-state index contributed by atoms with van der Waals surface area (Å²) in [4.78, 5) is 5.80. The van der Waals surface area contributed by atoms with Crippen molar-refractivity contribution in [1.82, 2.24) is 4.98 Å². The largest absolute Gasteiger partial charge is 0.495 e. The third-order valence-corrected chi connectivity index (χ3v) is 8.54. The Labute approximate surface area is 200 Å². The van der Waals surface area contributed by atoms with Crippen LogP contribution in [0.5, 0.6) is 5.75 Å². The fourth-order valence-corrected chi connectivity index (χ4v) is 6.48. The maximum atomic E-state index is 13.2. The second-order valence-electron chi connectivity index (χ2n) is 8.60. The van der Waals surface area contributed by atoms with Crippen LogP contribution in [0, 0.1) is 13.8 Å². The summed E-state index contributed by atoms with van der Waals surface area (Å²) >= 11 is 1.57. The maximum absolute atomic E-state index is 13.2. The predicted molar refractivity (Wildman–Crippen MR) is 136 cm³/mol. The average molecular weight is 486 g/mol. The lowest BCUT2D eigenvalue weighted by molar-refractivity contribution is 0.403. The molecule has 8 heteroatoms. The third-order valence-electron chi connectivity index (χ3n) is 6.00. The van der Waals surface area contributed by atoms with Crippen molar-refractivity contribution in [2.75, 3.05) is 17.1 Å². The third kappa shape index (κ3) is 5.68. The Morgan fingerprint density at radius 3 is 2.36 bits per heavy atom. The summed E-state index contributed by atoms with van der Waals surface area (Å²) in [6, 6.07) is 13.0. The lowest BCUT2D eigenvalue weighted by Crippen LogP contribution is -2.17. The second-order valence-corrected chi connectivity index (χ2v) is 11.3. The minimum Gasteiger partial charge on any atom is -0.495 e. The summed E-state index contributed by atoms with van der Waals surface area (Å²) < 4.78 is 34.5. The van der Waals surface area contributed by atoms with E-state index in [0.717, 1.165) is 26.8 Å². The van der Waals surface area contributed by atoms with E-state index in [1.54, 1.807) is 35.6 Å². The quantitative estimate of drug-likeness (QED) is 0.380. The molecule has 2 aromatic carbocycles. The van der Waals surface area contributed by atoms with Crippen LogP contribution in [0.4, 0.5) is 10.8 Å². The van der Waals surface area contributed by atoms with E-state index in [4.69, 9.17) is 9.72 Å². The zero-order chi connectivity index (χ0) is 23.4. The zero-order valence-electron chi connectivity index (χ0n) is 19.3. The van der Waals surface area contributed by atoms with Gasteiger partial charge in [0.15, 0.2) is 5.13 Å². The summed E-state index contributed by atoms with van der Waals surface area (Å²) in [5, 5.41) is 4.50. The van der Waals surface area contributed by atoms with Gasteiger partial charge >= 0.3 is 0 Å². The number of aromatic nitrogens is 1. The number of anilines is 2. The summed E-state index contributed by atoms with van der Waals surface area (Å²) in [5.41, 5.74) is 3.27. The first-order chi connectivity index (χ1) is 15.9. The molecule has 1 fully saturated rings. The molecule has 0 atom stereocenters. The van der Waals surface area contributed by atoms with Gasteiger partial charge < -0.3 is 10.1 Å². The molecule has 0 spiro atoms. The van der Waals surface area contributed by atoms with Gasteiger partial charge in [-0.1, -0.05) is 54.7 Å². The molecule has 3 aromatic rings. The SMILES string of the molecule is COc1ccc(-c2sc(NC3CCCCCC3)nc2C)cc1S(=O)(=O)Nc1ccc(C)cc1. The Kier molecular flexibility index (Phi) is 7.24. The Balaban J connectivity index is 1.62. The summed E-state index contributed by atoms with van der Waals surface area (Å²) in [5.74, 6) is 0.303. The average Bonchev–Trinajstić information content (AvgIpc) is 2.97. The molecule has 1 heterocycles. The van der Waals surface area contributed by atoms with Crippen LogP contribution in [0.1, 0.15) is 49.8 Å². The van der Waals surface area contributed by atoms with Crippen molar-refractivity contribution >= 4 is 32.2 Å². The topological polar surface area (TPSA) is 80.3 Å². The number of nitrogens with zero attached hydrogens (tertiary/aromatic N) is 1. The molecular weight excluding hydrogens is 454 g/mol. The smallest absolute Gasteiger partial charge is 0.265 e. The van der Waals surface area contributed by atoms with Gasteiger partial charge in [-0.3, -0.25) is 4.72 Å². The molecule has 2 N–H and O–H groups in total. The summed E-state index contributed by atoms with van der Waals surface area (Å²) in [6.45, 7) is 3.92. The predicted octanol–water partition coefficient (Wildman–Crippen LogP) is 6.37. The highest BCUT2D eigenvalue weighted by molar-refractivity contribution is 7.92. The van der Waals surface area contributed by atoms with Crippen molar-refractivity contribution in [2.24, 2.45) is 0 Å². The number of nitrogens with one attached hydrogen (secondary N) is 2. The van der Waals surface area contributed by atoms with Gasteiger partial charge in [0.2, 0.25) is 0 Å². The lowest BCUT2D eigenvalue weighted by Gasteiger charge is -2.14. The molecule has 1 aliphatic rings. The van der Waals surface area contributed by atoms with E-state index < -0.39 is 10.0 Å². The molecule has 4 rings (SSSR count). The first-order valence-corrected chi connectivity index (χ1v) is 13.7. The summed E-state index contributed by atoms with van der Waals surface area (Å²) in [6.07, 6.45) is 7.46. The normalized spacial score (nSPS) is 15.1. The van der Waals surface area contributed by atoms with Gasteiger partial charge in [0.25, 0.3) is 10.0 Å². The van der Waals surface area contributed by atoms with E-state index in [9.17, 15) is 8.42 Å². The van der Waals surface area contributed by atoms with Crippen LogP contribution in [-0.4, -0.2) is 26.6 Å². The number of benzene rings is 2. The molecule has 0 bridgehead atoms. The highest BCUT2D eigenvalue weighted by atomic mass is 32.2. The van der Waals surface area contributed by atoms with Crippen LogP contribution in [0.15, 0.2) is 47.4 Å². The fraction of sp³-hybridized carbons (Fsp3) is 0.400. The molecule has 1 saturated carbocycles. The van der Waals surface area contributed by atoms with Gasteiger partial charge in [-0.25, -0.2) is 13.4 Å². The molecule has 1 aromatic heterocycles. The van der Waals surface area contributed by atoms with Gasteiger partial charge in [-0.2, -0.15) is 0 Å². The fourth-order valence-electron chi connectivity index (χ4n) is 4.18. The van der Waals surface area contributed by atoms with E-state index in [1.165, 1.54) is 45.6 Å². The molecule has 0 aliphatic heterocycles. The van der Waals surface area contributed by atoms with E-state index >= 15 is 0 Å². The van der Waals surface area contributed by atoms with E-state index in [2.05, 4.69) is 10.0 Å². The number of aryl methyl sites for hydroxylation is 2. The zero-order valence-corrected chi connectivity index (χ0v) is 21.0. The van der Waals surface area contributed by atoms with Crippen LogP contribution < -0.4 is 14.8 Å². The Hall–Kier alpha value is -2.58. The van der Waals surface area contributed by atoms with E-state index in [1.807, 2.05) is 32.0 Å². The van der Waals surface area contributed by atoms with Crippen LogP contribution in [0.25, 0.3) is 10.4 Å². The monoisotopic (exact) mass is 485 g/mol. The lowest BCUT2D eigenvalue weighted by atomic mass is 10.1. The van der Waals surface area contributed by atoms with Crippen LogP contribution in [0.2, 0.25) is 0 Å². The highest BCUT2D eigenvalue weighted by Crippen LogP contribution is 2.37. The molecule has 33 heavy (non-hydrogen) atoms. The standard InChI is InChI=1S/C25H31N3O3S2/c1-17-10-13-21(14-11-17)28-33(29,30)23-16-19(12-15-22(23)31-3)24-18(2)26-25(32-24)27-20-8-6-4-5-7-9-20/h10-16,20,28H,4-9H2,1-3H3,(H,26,27). The number of rotatable bonds is 7. The first kappa shape index (κ1) is 23.6. The van der Waals surface area contributed by atoms with Crippen molar-refractivity contribution in [2.45, 2.75) is 63.3 Å². The van der Waals surface area contributed by atoms with Crippen molar-refractivity contribution in [1.29, 1.82) is 0 Å². The summed E-state index contributed by atoms with van der Waals surface area (Å²) in [7, 11) is -2.36. The van der Waals surface area contributed by atoms with Gasteiger partial charge in [0, 0.05) is 11.7 Å². The number of sulfonamides is 1. The van der Waals surface area contributed by atoms with E-state index in [0.29, 0.717) is 17.5 Å². The Morgan fingerprint density at radius 2 is 1.70 bits per heavy atom. The minimum atomic E-state index is -3.84. The minimum absolute atomic E-state index is 0.106. The van der Waals surface area contributed by atoms with Gasteiger partial charge in [-0.05, 0) is 62.6 Å². The van der Waals surface area contributed by atoms with Crippen molar-refractivity contribution in [3.63, 3.8) is 0 Å². The van der Waals surface area contributed by atoms with Crippen molar-refractivity contribution in [3.8, 4) is 16.2 Å². The van der Waals surface area contributed by atoms with E-state index in [-0.39, 0.29) is 4.90 Å². The van der Waals surface area contributed by atoms with Crippen LogP contribution in [-0.2, 0) is 10.0 Å². The van der Waals surface area contributed by atoms with Gasteiger partial charge in [-0.15, -0.1) is 0 Å². The van der Waals surface area contributed by atoms with Crippen LogP contribution in [0.3, 0.4) is 0 Å². The Morgan fingerprint density at radius 1 is 1.00 bits per heavy atom. The number of ether oxygens (including phenoxy) is 1. The first-order valence-electron chi connectivity index (χ1n) is 11.4. The number of hydrogen-bond donors (Lipinski definition) is 2. The maximum Gasteiger partial charge on any atom is 0.265 e. The molecule has 0 unspecified atom stereocenters. The molecule has 0 radical (unpaired) electrons. The van der Waals surface area contributed by atoms with Gasteiger partial charge in [0.1, 0.15) is 10.6 Å². The molecule has 6 nitrogen and oxygen atoms in total.